The Morgan fingerprint density at radius 1 is 1.26 bits per heavy atom. The van der Waals surface area contributed by atoms with Gasteiger partial charge in [0.25, 0.3) is 0 Å². The quantitative estimate of drug-likeness (QED) is 0.806. The molecule has 1 atom stereocenters. The second-order valence-corrected chi connectivity index (χ2v) is 6.17. The van der Waals surface area contributed by atoms with E-state index in [-0.39, 0.29) is 5.82 Å². The molecule has 23 heavy (non-hydrogen) atoms. The first-order valence-electron chi connectivity index (χ1n) is 8.03. The summed E-state index contributed by atoms with van der Waals surface area (Å²) in [6, 6.07) is 6.85. The van der Waals surface area contributed by atoms with Crippen LogP contribution in [0.25, 0.3) is 10.9 Å². The van der Waals surface area contributed by atoms with E-state index in [0.29, 0.717) is 12.5 Å². The molecule has 0 amide bonds. The summed E-state index contributed by atoms with van der Waals surface area (Å²) in [5.41, 5.74) is 1.79. The van der Waals surface area contributed by atoms with E-state index in [1.807, 2.05) is 24.5 Å². The molecule has 2 aromatic heterocycles. The Hall–Kier alpha value is -2.27. The van der Waals surface area contributed by atoms with Gasteiger partial charge in [-0.15, -0.1) is 0 Å². The molecule has 3 aromatic rings. The first-order valence-corrected chi connectivity index (χ1v) is 8.03. The minimum atomic E-state index is -0.206. The summed E-state index contributed by atoms with van der Waals surface area (Å²) in [4.78, 5) is 8.75. The van der Waals surface area contributed by atoms with Gasteiger partial charge in [-0.2, -0.15) is 0 Å². The van der Waals surface area contributed by atoms with Crippen molar-refractivity contribution in [2.45, 2.75) is 25.9 Å². The molecular formula is C18H19FN4. The number of halogens is 1. The van der Waals surface area contributed by atoms with Crippen molar-refractivity contribution in [3.63, 3.8) is 0 Å². The lowest BCUT2D eigenvalue weighted by Crippen LogP contribution is -2.29. The summed E-state index contributed by atoms with van der Waals surface area (Å²) >= 11 is 0. The molecule has 4 nitrogen and oxygen atoms in total. The first-order chi connectivity index (χ1) is 11.3. The van der Waals surface area contributed by atoms with E-state index >= 15 is 0 Å². The van der Waals surface area contributed by atoms with Gasteiger partial charge in [-0.3, -0.25) is 4.98 Å². The topological polar surface area (TPSA) is 42.7 Å². The van der Waals surface area contributed by atoms with Crippen LogP contribution < -0.4 is 5.32 Å². The first kappa shape index (κ1) is 14.3. The van der Waals surface area contributed by atoms with Crippen LogP contribution in [0.3, 0.4) is 0 Å². The zero-order chi connectivity index (χ0) is 15.6. The monoisotopic (exact) mass is 310 g/mol. The van der Waals surface area contributed by atoms with E-state index in [2.05, 4.69) is 19.9 Å². The summed E-state index contributed by atoms with van der Waals surface area (Å²) < 4.78 is 16.0. The Labute approximate surface area is 134 Å². The van der Waals surface area contributed by atoms with Crippen LogP contribution in [-0.4, -0.2) is 21.1 Å². The minimum absolute atomic E-state index is 0.206. The Morgan fingerprint density at radius 2 is 2.22 bits per heavy atom. The van der Waals surface area contributed by atoms with Crippen molar-refractivity contribution in [2.75, 3.05) is 6.54 Å². The van der Waals surface area contributed by atoms with Crippen molar-refractivity contribution in [2.24, 2.45) is 5.92 Å². The number of fused-ring (bicyclic) bond motifs is 2. The molecule has 0 unspecified atom stereocenters. The van der Waals surface area contributed by atoms with Crippen LogP contribution >= 0.6 is 0 Å². The third-order valence-electron chi connectivity index (χ3n) is 4.53. The Balaban J connectivity index is 1.42. The van der Waals surface area contributed by atoms with Gasteiger partial charge in [0.15, 0.2) is 0 Å². The van der Waals surface area contributed by atoms with Crippen LogP contribution in [0.5, 0.6) is 0 Å². The Bertz CT molecular complexity index is 827. The standard InChI is InChI=1S/C18H19FN4/c19-16-8-14-2-1-5-22-18(14)15(9-16)11-20-10-13-3-4-17-21-6-7-23(17)12-13/h1-2,5-9,13,20H,3-4,10-12H2/t13-/m0/s1. The van der Waals surface area contributed by atoms with Gasteiger partial charge in [0.05, 0.1) is 5.52 Å². The molecule has 1 aromatic carbocycles. The van der Waals surface area contributed by atoms with Crippen LogP contribution in [0.1, 0.15) is 17.8 Å². The number of aromatic nitrogens is 3. The smallest absolute Gasteiger partial charge is 0.124 e. The van der Waals surface area contributed by atoms with Gasteiger partial charge in [0.1, 0.15) is 11.6 Å². The van der Waals surface area contributed by atoms with Gasteiger partial charge in [-0.05, 0) is 42.6 Å². The molecule has 118 valence electrons. The van der Waals surface area contributed by atoms with E-state index in [9.17, 15) is 4.39 Å². The fraction of sp³-hybridized carbons (Fsp3) is 0.333. The normalized spacial score (nSPS) is 17.3. The number of hydrogen-bond donors (Lipinski definition) is 1. The van der Waals surface area contributed by atoms with Gasteiger partial charge in [-0.1, -0.05) is 6.07 Å². The Kier molecular flexibility index (Phi) is 3.79. The molecule has 0 saturated carbocycles. The van der Waals surface area contributed by atoms with Gasteiger partial charge < -0.3 is 9.88 Å². The molecule has 0 fully saturated rings. The molecule has 0 radical (unpaired) electrons. The summed E-state index contributed by atoms with van der Waals surface area (Å²) in [5.74, 6) is 1.56. The largest absolute Gasteiger partial charge is 0.335 e. The molecular weight excluding hydrogens is 291 g/mol. The number of rotatable bonds is 4. The number of pyridine rings is 1. The van der Waals surface area contributed by atoms with Crippen molar-refractivity contribution in [3.8, 4) is 0 Å². The average molecular weight is 310 g/mol. The average Bonchev–Trinajstić information content (AvgIpc) is 3.02. The summed E-state index contributed by atoms with van der Waals surface area (Å²) in [5, 5.41) is 4.33. The van der Waals surface area contributed by atoms with Crippen molar-refractivity contribution < 1.29 is 4.39 Å². The van der Waals surface area contributed by atoms with E-state index in [1.165, 1.54) is 11.9 Å². The number of imidazole rings is 1. The number of nitrogens with zero attached hydrogens (tertiary/aromatic N) is 3. The number of benzene rings is 1. The molecule has 4 rings (SSSR count). The van der Waals surface area contributed by atoms with E-state index < -0.39 is 0 Å². The highest BCUT2D eigenvalue weighted by atomic mass is 19.1. The van der Waals surface area contributed by atoms with Crippen LogP contribution in [0, 0.1) is 11.7 Å². The molecule has 1 aliphatic rings. The predicted octanol–water partition coefficient (Wildman–Crippen LogP) is 2.92. The van der Waals surface area contributed by atoms with E-state index in [4.69, 9.17) is 0 Å². The SMILES string of the molecule is Fc1cc(CNC[C@@H]2CCc3nccn3C2)c2ncccc2c1. The lowest BCUT2D eigenvalue weighted by atomic mass is 9.99. The maximum Gasteiger partial charge on any atom is 0.124 e. The second-order valence-electron chi connectivity index (χ2n) is 6.17. The number of hydrogen-bond acceptors (Lipinski definition) is 3. The zero-order valence-electron chi connectivity index (χ0n) is 12.9. The molecule has 0 saturated heterocycles. The summed E-state index contributed by atoms with van der Waals surface area (Å²) in [7, 11) is 0. The fourth-order valence-corrected chi connectivity index (χ4v) is 3.38. The molecule has 3 heterocycles. The maximum atomic E-state index is 13.7. The minimum Gasteiger partial charge on any atom is -0.335 e. The van der Waals surface area contributed by atoms with Crippen molar-refractivity contribution >= 4 is 10.9 Å². The molecule has 1 N–H and O–H groups in total. The predicted molar refractivity (Wildman–Crippen MR) is 87.4 cm³/mol. The van der Waals surface area contributed by atoms with Gasteiger partial charge in [0.2, 0.25) is 0 Å². The van der Waals surface area contributed by atoms with E-state index in [0.717, 1.165) is 42.4 Å². The number of nitrogens with one attached hydrogen (secondary N) is 1. The van der Waals surface area contributed by atoms with Crippen LogP contribution in [-0.2, 0) is 19.5 Å². The fourth-order valence-electron chi connectivity index (χ4n) is 3.38. The highest BCUT2D eigenvalue weighted by Gasteiger charge is 2.18. The van der Waals surface area contributed by atoms with Gasteiger partial charge >= 0.3 is 0 Å². The zero-order valence-corrected chi connectivity index (χ0v) is 12.9. The van der Waals surface area contributed by atoms with Crippen LogP contribution in [0.4, 0.5) is 4.39 Å². The van der Waals surface area contributed by atoms with Crippen LogP contribution in [0.2, 0.25) is 0 Å². The van der Waals surface area contributed by atoms with Crippen LogP contribution in [0.15, 0.2) is 42.9 Å². The second kappa shape index (κ2) is 6.08. The lowest BCUT2D eigenvalue weighted by Gasteiger charge is -2.24. The lowest BCUT2D eigenvalue weighted by molar-refractivity contribution is 0.347. The molecule has 0 aliphatic carbocycles. The summed E-state index contributed by atoms with van der Waals surface area (Å²) in [6.07, 6.45) is 7.85. The van der Waals surface area contributed by atoms with Crippen molar-refractivity contribution in [3.05, 3.63) is 60.1 Å². The third-order valence-corrected chi connectivity index (χ3v) is 4.53. The molecule has 1 aliphatic heterocycles. The van der Waals surface area contributed by atoms with E-state index in [1.54, 1.807) is 12.3 Å². The van der Waals surface area contributed by atoms with Gasteiger partial charge in [-0.25, -0.2) is 9.37 Å². The molecule has 0 bridgehead atoms. The Morgan fingerprint density at radius 3 is 3.17 bits per heavy atom. The maximum absolute atomic E-state index is 13.7. The highest BCUT2D eigenvalue weighted by molar-refractivity contribution is 5.81. The molecule has 0 spiro atoms. The van der Waals surface area contributed by atoms with Crippen molar-refractivity contribution in [1.29, 1.82) is 0 Å². The number of aryl methyl sites for hydroxylation is 1. The summed E-state index contributed by atoms with van der Waals surface area (Å²) in [6.45, 7) is 2.56. The van der Waals surface area contributed by atoms with Gasteiger partial charge in [0, 0.05) is 43.5 Å². The third kappa shape index (κ3) is 2.97. The molecule has 5 heteroatoms. The highest BCUT2D eigenvalue weighted by Crippen LogP contribution is 2.20. The van der Waals surface area contributed by atoms with Crippen molar-refractivity contribution in [1.82, 2.24) is 19.9 Å².